The van der Waals surface area contributed by atoms with Crippen molar-refractivity contribution >= 4 is 33.3 Å². The summed E-state index contributed by atoms with van der Waals surface area (Å²) in [5.74, 6) is 1.47. The third-order valence-electron chi connectivity index (χ3n) is 2.33. The maximum absolute atomic E-state index is 6.07. The van der Waals surface area contributed by atoms with E-state index in [1.54, 1.807) is 6.07 Å². The summed E-state index contributed by atoms with van der Waals surface area (Å²) in [4.78, 5) is 4.37. The maximum atomic E-state index is 6.07. The second kappa shape index (κ2) is 6.07. The molecule has 0 spiro atoms. The Labute approximate surface area is 119 Å². The molecule has 0 bridgehead atoms. The molecule has 94 valence electrons. The first kappa shape index (κ1) is 13.2. The van der Waals surface area contributed by atoms with Crippen molar-refractivity contribution in [3.05, 3.63) is 51.6 Å². The topological polar surface area (TPSA) is 34.1 Å². The molecule has 1 aromatic heterocycles. The quantitative estimate of drug-likeness (QED) is 0.917. The van der Waals surface area contributed by atoms with Gasteiger partial charge in [-0.05, 0) is 30.3 Å². The van der Waals surface area contributed by atoms with Gasteiger partial charge >= 0.3 is 0 Å². The van der Waals surface area contributed by atoms with Crippen molar-refractivity contribution in [2.45, 2.75) is 6.61 Å². The monoisotopic (exact) mass is 326 g/mol. The number of nitrogens with one attached hydrogen (secondary N) is 1. The van der Waals surface area contributed by atoms with E-state index in [0.29, 0.717) is 17.4 Å². The van der Waals surface area contributed by atoms with Gasteiger partial charge in [0.1, 0.15) is 18.2 Å². The van der Waals surface area contributed by atoms with Crippen molar-refractivity contribution in [3.63, 3.8) is 0 Å². The van der Waals surface area contributed by atoms with Crippen LogP contribution in [0.5, 0.6) is 5.75 Å². The minimum Gasteiger partial charge on any atom is -0.486 e. The number of benzene rings is 1. The molecule has 0 radical (unpaired) electrons. The molecular formula is C13H12BrClN2O. The number of aromatic nitrogens is 1. The Morgan fingerprint density at radius 2 is 2.17 bits per heavy atom. The second-order valence-electron chi connectivity index (χ2n) is 3.63. The normalized spacial score (nSPS) is 10.2. The van der Waals surface area contributed by atoms with Crippen molar-refractivity contribution in [2.24, 2.45) is 0 Å². The second-order valence-corrected chi connectivity index (χ2v) is 4.95. The molecular weight excluding hydrogens is 316 g/mol. The van der Waals surface area contributed by atoms with E-state index in [1.807, 2.05) is 37.4 Å². The molecule has 0 saturated carbocycles. The molecule has 18 heavy (non-hydrogen) atoms. The summed E-state index contributed by atoms with van der Waals surface area (Å²) in [7, 11) is 1.83. The molecule has 3 nitrogen and oxygen atoms in total. The fourth-order valence-corrected chi connectivity index (χ4v) is 2.17. The standard InChI is InChI=1S/C13H12BrClN2O/c1-16-13-4-2-3-10(17-13)8-18-12-6-5-9(14)7-11(12)15/h2-7H,8H2,1H3,(H,16,17). The molecule has 2 aromatic rings. The summed E-state index contributed by atoms with van der Waals surface area (Å²) < 4.78 is 6.56. The molecule has 0 aliphatic carbocycles. The number of ether oxygens (including phenoxy) is 1. The number of halogens is 2. The predicted octanol–water partition coefficient (Wildman–Crippen LogP) is 4.12. The van der Waals surface area contributed by atoms with Gasteiger partial charge in [-0.3, -0.25) is 0 Å². The third-order valence-corrected chi connectivity index (χ3v) is 3.12. The van der Waals surface area contributed by atoms with Crippen LogP contribution in [0.25, 0.3) is 0 Å². The number of hydrogen-bond acceptors (Lipinski definition) is 3. The smallest absolute Gasteiger partial charge is 0.138 e. The van der Waals surface area contributed by atoms with Gasteiger partial charge in [0.25, 0.3) is 0 Å². The Kier molecular flexibility index (Phi) is 4.44. The minimum absolute atomic E-state index is 0.386. The highest BCUT2D eigenvalue weighted by atomic mass is 79.9. The van der Waals surface area contributed by atoms with Gasteiger partial charge in [-0.1, -0.05) is 33.6 Å². The Morgan fingerprint density at radius 1 is 1.33 bits per heavy atom. The number of nitrogens with zero attached hydrogens (tertiary/aromatic N) is 1. The van der Waals surface area contributed by atoms with E-state index in [4.69, 9.17) is 16.3 Å². The summed E-state index contributed by atoms with van der Waals surface area (Å²) in [5.41, 5.74) is 0.848. The van der Waals surface area contributed by atoms with Crippen molar-refractivity contribution in [1.29, 1.82) is 0 Å². The van der Waals surface area contributed by atoms with Crippen LogP contribution < -0.4 is 10.1 Å². The number of hydrogen-bond donors (Lipinski definition) is 1. The average molecular weight is 328 g/mol. The zero-order valence-corrected chi connectivity index (χ0v) is 12.1. The van der Waals surface area contributed by atoms with Crippen LogP contribution in [0.3, 0.4) is 0 Å². The van der Waals surface area contributed by atoms with Gasteiger partial charge in [-0.25, -0.2) is 4.98 Å². The maximum Gasteiger partial charge on any atom is 0.138 e. The number of pyridine rings is 1. The molecule has 0 aliphatic heterocycles. The lowest BCUT2D eigenvalue weighted by Crippen LogP contribution is -2.01. The van der Waals surface area contributed by atoms with Crippen LogP contribution in [-0.2, 0) is 6.61 Å². The van der Waals surface area contributed by atoms with Gasteiger partial charge in [0.2, 0.25) is 0 Å². The molecule has 1 N–H and O–H groups in total. The van der Waals surface area contributed by atoms with Crippen molar-refractivity contribution in [2.75, 3.05) is 12.4 Å². The predicted molar refractivity (Wildman–Crippen MR) is 77.3 cm³/mol. The summed E-state index contributed by atoms with van der Waals surface area (Å²) in [5, 5.41) is 3.56. The van der Waals surface area contributed by atoms with Crippen LogP contribution in [0.2, 0.25) is 5.02 Å². The van der Waals surface area contributed by atoms with Gasteiger partial charge in [-0.15, -0.1) is 0 Å². The SMILES string of the molecule is CNc1cccc(COc2ccc(Br)cc2Cl)n1. The summed E-state index contributed by atoms with van der Waals surface area (Å²) in [6.45, 7) is 0.386. The van der Waals surface area contributed by atoms with E-state index in [2.05, 4.69) is 26.2 Å². The highest BCUT2D eigenvalue weighted by molar-refractivity contribution is 9.10. The minimum atomic E-state index is 0.386. The lowest BCUT2D eigenvalue weighted by molar-refractivity contribution is 0.301. The van der Waals surface area contributed by atoms with Crippen LogP contribution in [0.4, 0.5) is 5.82 Å². The van der Waals surface area contributed by atoms with E-state index in [1.165, 1.54) is 0 Å². The Balaban J connectivity index is 2.06. The highest BCUT2D eigenvalue weighted by Gasteiger charge is 2.03. The molecule has 0 amide bonds. The molecule has 0 atom stereocenters. The molecule has 1 aromatic carbocycles. The zero-order chi connectivity index (χ0) is 13.0. The van der Waals surface area contributed by atoms with Gasteiger partial charge in [0.15, 0.2) is 0 Å². The highest BCUT2D eigenvalue weighted by Crippen LogP contribution is 2.28. The fraction of sp³-hybridized carbons (Fsp3) is 0.154. The van der Waals surface area contributed by atoms with E-state index in [-0.39, 0.29) is 0 Å². The Morgan fingerprint density at radius 3 is 2.89 bits per heavy atom. The number of anilines is 1. The molecule has 5 heteroatoms. The van der Waals surface area contributed by atoms with Crippen LogP contribution >= 0.6 is 27.5 Å². The lowest BCUT2D eigenvalue weighted by atomic mass is 10.3. The third kappa shape index (κ3) is 3.37. The molecule has 1 heterocycles. The van der Waals surface area contributed by atoms with Crippen molar-refractivity contribution in [3.8, 4) is 5.75 Å². The van der Waals surface area contributed by atoms with Crippen molar-refractivity contribution in [1.82, 2.24) is 4.98 Å². The van der Waals surface area contributed by atoms with E-state index < -0.39 is 0 Å². The van der Waals surface area contributed by atoms with E-state index >= 15 is 0 Å². The van der Waals surface area contributed by atoms with Crippen LogP contribution in [0, 0.1) is 0 Å². The van der Waals surface area contributed by atoms with Crippen LogP contribution in [-0.4, -0.2) is 12.0 Å². The van der Waals surface area contributed by atoms with E-state index in [0.717, 1.165) is 16.0 Å². The van der Waals surface area contributed by atoms with Gasteiger partial charge in [0, 0.05) is 11.5 Å². The van der Waals surface area contributed by atoms with Crippen LogP contribution in [0.15, 0.2) is 40.9 Å². The lowest BCUT2D eigenvalue weighted by Gasteiger charge is -2.08. The average Bonchev–Trinajstić information content (AvgIpc) is 2.38. The van der Waals surface area contributed by atoms with Crippen LogP contribution in [0.1, 0.15) is 5.69 Å². The first-order chi connectivity index (χ1) is 8.69. The number of rotatable bonds is 4. The summed E-state index contributed by atoms with van der Waals surface area (Å²) in [6, 6.07) is 11.3. The molecule has 0 unspecified atom stereocenters. The molecule has 0 fully saturated rings. The zero-order valence-electron chi connectivity index (χ0n) is 9.78. The first-order valence-corrected chi connectivity index (χ1v) is 6.57. The summed E-state index contributed by atoms with van der Waals surface area (Å²) in [6.07, 6.45) is 0. The van der Waals surface area contributed by atoms with E-state index in [9.17, 15) is 0 Å². The Hall–Kier alpha value is -1.26. The van der Waals surface area contributed by atoms with Gasteiger partial charge < -0.3 is 10.1 Å². The first-order valence-electron chi connectivity index (χ1n) is 5.40. The summed E-state index contributed by atoms with van der Waals surface area (Å²) >= 11 is 9.42. The fourth-order valence-electron chi connectivity index (χ4n) is 1.44. The van der Waals surface area contributed by atoms with Gasteiger partial charge in [-0.2, -0.15) is 0 Å². The molecule has 0 saturated heterocycles. The Bertz CT molecular complexity index is 548. The van der Waals surface area contributed by atoms with Crippen molar-refractivity contribution < 1.29 is 4.74 Å². The molecule has 0 aliphatic rings. The largest absolute Gasteiger partial charge is 0.486 e. The van der Waals surface area contributed by atoms with Gasteiger partial charge in [0.05, 0.1) is 10.7 Å². The molecule has 2 rings (SSSR count).